The number of nitro benzene ring substituents is 1. The quantitative estimate of drug-likeness (QED) is 0.301. The van der Waals surface area contributed by atoms with Crippen LogP contribution in [0.3, 0.4) is 0 Å². The lowest BCUT2D eigenvalue weighted by molar-refractivity contribution is -0.385. The summed E-state index contributed by atoms with van der Waals surface area (Å²) in [5, 5.41) is 14.9. The summed E-state index contributed by atoms with van der Waals surface area (Å²) >= 11 is 1.95. The average Bonchev–Trinajstić information content (AvgIpc) is 2.55. The molecular formula is C14H17IN4O5. The summed E-state index contributed by atoms with van der Waals surface area (Å²) in [4.78, 5) is 24.3. The van der Waals surface area contributed by atoms with Crippen molar-refractivity contribution in [3.63, 3.8) is 0 Å². The summed E-state index contributed by atoms with van der Waals surface area (Å²) in [6.45, 7) is 2.88. The number of ether oxygens (including phenoxy) is 2. The van der Waals surface area contributed by atoms with Crippen LogP contribution in [0.1, 0.15) is 5.56 Å². The van der Waals surface area contributed by atoms with Crippen molar-refractivity contribution in [3.05, 3.63) is 31.4 Å². The lowest BCUT2D eigenvalue weighted by Gasteiger charge is -2.25. The lowest BCUT2D eigenvalue weighted by atomic mass is 10.2. The standard InChI is InChI=1S/C14H17IN4O5/c1-23-14-11(15)6-10(7-12(14)19(21)22)8-16-17-13(20)9-18-2-4-24-5-3-18/h6-8H,2-5,9H2,1H3,(H,17,20)/b16-8+. The first kappa shape index (κ1) is 18.5. The van der Waals surface area contributed by atoms with Crippen LogP contribution >= 0.6 is 22.6 Å². The van der Waals surface area contributed by atoms with Crippen molar-refractivity contribution in [1.29, 1.82) is 0 Å². The zero-order valence-electron chi connectivity index (χ0n) is 13.0. The fraction of sp³-hybridized carbons (Fsp3) is 0.429. The third kappa shape index (κ3) is 5.11. The number of halogens is 1. The van der Waals surface area contributed by atoms with Gasteiger partial charge in [0.2, 0.25) is 5.75 Å². The lowest BCUT2D eigenvalue weighted by Crippen LogP contribution is -2.42. The molecule has 0 radical (unpaired) electrons. The summed E-state index contributed by atoms with van der Waals surface area (Å²) in [5.41, 5.74) is 2.77. The van der Waals surface area contributed by atoms with E-state index in [1.807, 2.05) is 27.5 Å². The summed E-state index contributed by atoms with van der Waals surface area (Å²) < 4.78 is 10.8. The van der Waals surface area contributed by atoms with E-state index in [0.717, 1.165) is 0 Å². The molecule has 0 spiro atoms. The van der Waals surface area contributed by atoms with Gasteiger partial charge in [0.05, 0.1) is 41.6 Å². The van der Waals surface area contributed by atoms with E-state index in [1.54, 1.807) is 6.07 Å². The van der Waals surface area contributed by atoms with E-state index in [9.17, 15) is 14.9 Å². The predicted molar refractivity (Wildman–Crippen MR) is 95.4 cm³/mol. The second-order valence-electron chi connectivity index (χ2n) is 4.99. The number of amides is 1. The highest BCUT2D eigenvalue weighted by Gasteiger charge is 2.19. The van der Waals surface area contributed by atoms with Gasteiger partial charge in [-0.3, -0.25) is 19.8 Å². The van der Waals surface area contributed by atoms with Gasteiger partial charge in [-0.1, -0.05) is 0 Å². The number of morpholine rings is 1. The van der Waals surface area contributed by atoms with Gasteiger partial charge in [-0.25, -0.2) is 5.43 Å². The first-order chi connectivity index (χ1) is 11.5. The molecule has 0 aromatic heterocycles. The van der Waals surface area contributed by atoms with Crippen molar-refractivity contribution in [2.24, 2.45) is 5.10 Å². The molecule has 10 heteroatoms. The first-order valence-electron chi connectivity index (χ1n) is 7.15. The maximum absolute atomic E-state index is 11.8. The van der Waals surface area contributed by atoms with E-state index >= 15 is 0 Å². The highest BCUT2D eigenvalue weighted by molar-refractivity contribution is 14.1. The molecule has 2 rings (SSSR count). The number of hydrogen-bond acceptors (Lipinski definition) is 7. The largest absolute Gasteiger partial charge is 0.489 e. The molecule has 24 heavy (non-hydrogen) atoms. The van der Waals surface area contributed by atoms with Gasteiger partial charge in [-0.05, 0) is 28.7 Å². The molecule has 0 saturated carbocycles. The maximum atomic E-state index is 11.8. The van der Waals surface area contributed by atoms with Gasteiger partial charge in [0.1, 0.15) is 0 Å². The van der Waals surface area contributed by atoms with E-state index in [1.165, 1.54) is 19.4 Å². The van der Waals surface area contributed by atoms with Crippen molar-refractivity contribution in [3.8, 4) is 5.75 Å². The van der Waals surface area contributed by atoms with Gasteiger partial charge in [0, 0.05) is 24.7 Å². The summed E-state index contributed by atoms with van der Waals surface area (Å²) in [6, 6.07) is 3.03. The number of nitro groups is 1. The smallest absolute Gasteiger partial charge is 0.312 e. The summed E-state index contributed by atoms with van der Waals surface area (Å²) in [5.74, 6) is -0.0417. The predicted octanol–water partition coefficient (Wildman–Crippen LogP) is 0.990. The van der Waals surface area contributed by atoms with Crippen LogP contribution in [-0.2, 0) is 9.53 Å². The second kappa shape index (κ2) is 8.89. The first-order valence-corrected chi connectivity index (χ1v) is 8.23. The Bertz CT molecular complexity index is 646. The van der Waals surface area contributed by atoms with Crippen molar-refractivity contribution >= 4 is 40.4 Å². The van der Waals surface area contributed by atoms with Gasteiger partial charge >= 0.3 is 5.69 Å². The van der Waals surface area contributed by atoms with E-state index in [0.29, 0.717) is 35.4 Å². The molecule has 1 amide bonds. The van der Waals surface area contributed by atoms with Crippen LogP contribution < -0.4 is 10.2 Å². The fourth-order valence-electron chi connectivity index (χ4n) is 2.19. The Labute approximate surface area is 152 Å². The van der Waals surface area contributed by atoms with Crippen molar-refractivity contribution in [1.82, 2.24) is 10.3 Å². The molecule has 1 N–H and O–H groups in total. The Morgan fingerprint density at radius 1 is 1.54 bits per heavy atom. The minimum absolute atomic E-state index is 0.148. The SMILES string of the molecule is COc1c(I)cc(/C=N/NC(=O)CN2CCOCC2)cc1[N+](=O)[O-]. The second-order valence-corrected chi connectivity index (χ2v) is 6.16. The number of carbonyl (C=O) groups is 1. The molecule has 0 unspecified atom stereocenters. The van der Waals surface area contributed by atoms with E-state index in [2.05, 4.69) is 10.5 Å². The molecular weight excluding hydrogens is 431 g/mol. The van der Waals surface area contributed by atoms with Crippen LogP contribution in [0, 0.1) is 13.7 Å². The number of hydrazone groups is 1. The molecule has 1 aromatic carbocycles. The van der Waals surface area contributed by atoms with Gasteiger partial charge in [-0.2, -0.15) is 5.10 Å². The number of benzene rings is 1. The third-order valence-corrected chi connectivity index (χ3v) is 4.12. The van der Waals surface area contributed by atoms with Gasteiger partial charge in [-0.15, -0.1) is 0 Å². The minimum atomic E-state index is -0.519. The van der Waals surface area contributed by atoms with E-state index < -0.39 is 4.92 Å². The van der Waals surface area contributed by atoms with Crippen LogP contribution in [0.15, 0.2) is 17.2 Å². The molecule has 0 bridgehead atoms. The van der Waals surface area contributed by atoms with Gasteiger partial charge in [0.25, 0.3) is 5.91 Å². The Balaban J connectivity index is 1.98. The zero-order chi connectivity index (χ0) is 17.5. The van der Waals surface area contributed by atoms with Gasteiger partial charge < -0.3 is 9.47 Å². The minimum Gasteiger partial charge on any atom is -0.489 e. The van der Waals surface area contributed by atoms with E-state index in [4.69, 9.17) is 9.47 Å². The highest BCUT2D eigenvalue weighted by Crippen LogP contribution is 2.32. The number of nitrogens with zero attached hydrogens (tertiary/aromatic N) is 3. The number of methoxy groups -OCH3 is 1. The number of hydrogen-bond donors (Lipinski definition) is 1. The normalized spacial score (nSPS) is 15.4. The van der Waals surface area contributed by atoms with Crippen LogP contribution in [0.4, 0.5) is 5.69 Å². The number of nitrogens with one attached hydrogen (secondary N) is 1. The Kier molecular flexibility index (Phi) is 6.87. The van der Waals surface area contributed by atoms with Crippen LogP contribution in [0.5, 0.6) is 5.75 Å². The fourth-order valence-corrected chi connectivity index (χ4v) is 3.04. The van der Waals surface area contributed by atoms with Crippen LogP contribution in [0.25, 0.3) is 0 Å². The molecule has 1 heterocycles. The molecule has 1 aliphatic rings. The zero-order valence-corrected chi connectivity index (χ0v) is 15.2. The summed E-state index contributed by atoms with van der Waals surface area (Å²) in [6.07, 6.45) is 1.37. The topological polar surface area (TPSA) is 106 Å². The third-order valence-electron chi connectivity index (χ3n) is 3.32. The Hall–Kier alpha value is -1.79. The molecule has 1 aliphatic heterocycles. The molecule has 0 aliphatic carbocycles. The molecule has 0 atom stereocenters. The summed E-state index contributed by atoms with van der Waals surface area (Å²) in [7, 11) is 1.38. The number of carbonyl (C=O) groups excluding carboxylic acids is 1. The van der Waals surface area contributed by atoms with E-state index in [-0.39, 0.29) is 23.9 Å². The van der Waals surface area contributed by atoms with Crippen LogP contribution in [-0.4, -0.2) is 61.9 Å². The van der Waals surface area contributed by atoms with Crippen molar-refractivity contribution in [2.45, 2.75) is 0 Å². The molecule has 1 fully saturated rings. The Morgan fingerprint density at radius 2 is 2.25 bits per heavy atom. The van der Waals surface area contributed by atoms with Crippen molar-refractivity contribution in [2.75, 3.05) is 40.0 Å². The maximum Gasteiger partial charge on any atom is 0.312 e. The highest BCUT2D eigenvalue weighted by atomic mass is 127. The average molecular weight is 448 g/mol. The van der Waals surface area contributed by atoms with Gasteiger partial charge in [0.15, 0.2) is 0 Å². The molecule has 130 valence electrons. The van der Waals surface area contributed by atoms with Crippen LogP contribution in [0.2, 0.25) is 0 Å². The number of rotatable bonds is 6. The molecule has 9 nitrogen and oxygen atoms in total. The molecule has 1 saturated heterocycles. The van der Waals surface area contributed by atoms with Crippen molar-refractivity contribution < 1.29 is 19.2 Å². The Morgan fingerprint density at radius 3 is 2.88 bits per heavy atom. The monoisotopic (exact) mass is 448 g/mol. The molecule has 1 aromatic rings.